The summed E-state index contributed by atoms with van der Waals surface area (Å²) in [4.78, 5) is 39.3. The Morgan fingerprint density at radius 3 is 2.59 bits per heavy atom. The van der Waals surface area contributed by atoms with Crippen LogP contribution in [-0.2, 0) is 9.53 Å². The van der Waals surface area contributed by atoms with E-state index < -0.39 is 5.97 Å². The van der Waals surface area contributed by atoms with E-state index in [1.165, 1.54) is 0 Å². The van der Waals surface area contributed by atoms with E-state index in [9.17, 15) is 14.7 Å². The van der Waals surface area contributed by atoms with Crippen LogP contribution in [0.5, 0.6) is 0 Å². The number of anilines is 1. The molecule has 1 aliphatic carbocycles. The molecule has 4 fully saturated rings. The molecular formula is C25H37N5O4. The minimum Gasteiger partial charge on any atom is -0.481 e. The molecule has 5 rings (SSSR count). The van der Waals surface area contributed by atoms with Crippen molar-refractivity contribution in [2.24, 2.45) is 11.8 Å². The van der Waals surface area contributed by atoms with Crippen LogP contribution in [-0.4, -0.2) is 87.8 Å². The minimum atomic E-state index is -0.653. The summed E-state index contributed by atoms with van der Waals surface area (Å²) in [5, 5.41) is 9.19. The molecule has 34 heavy (non-hydrogen) atoms. The molecule has 186 valence electrons. The standard InChI is InChI=1S/C25H37N5O4/c31-24(32)19-7-13-28(14-8-19)12-2-4-18-3-1-5-21-23(18)34-25(33)30(21)20-9-15-29(16-10-20)22-6-11-26-17-27-22/h6,11,17-21,23H,1-5,7-10,12-16H2,(H,31,32). The molecule has 1 N–H and O–H groups in total. The fraction of sp³-hybridized carbons (Fsp3) is 0.760. The third-order valence-electron chi connectivity index (χ3n) is 8.46. The van der Waals surface area contributed by atoms with Gasteiger partial charge in [-0.2, -0.15) is 0 Å². The second-order valence-electron chi connectivity index (χ2n) is 10.4. The van der Waals surface area contributed by atoms with E-state index in [0.717, 1.165) is 96.3 Å². The molecule has 0 bridgehead atoms. The van der Waals surface area contributed by atoms with Crippen LogP contribution in [0.3, 0.4) is 0 Å². The number of ether oxygens (including phenoxy) is 1. The highest BCUT2D eigenvalue weighted by molar-refractivity contribution is 5.71. The number of fused-ring (bicyclic) bond motifs is 1. The molecule has 1 aromatic heterocycles. The molecule has 1 amide bonds. The number of amides is 1. The summed E-state index contributed by atoms with van der Waals surface area (Å²) in [5.41, 5.74) is 0. The first kappa shape index (κ1) is 23.3. The minimum absolute atomic E-state index is 0.0268. The molecule has 3 unspecified atom stereocenters. The van der Waals surface area contributed by atoms with E-state index in [0.29, 0.717) is 5.92 Å². The normalized spacial score (nSPS) is 29.2. The van der Waals surface area contributed by atoms with Crippen molar-refractivity contribution in [2.45, 2.75) is 76.0 Å². The van der Waals surface area contributed by atoms with E-state index in [2.05, 4.69) is 24.7 Å². The van der Waals surface area contributed by atoms with Crippen LogP contribution in [0.2, 0.25) is 0 Å². The molecule has 4 heterocycles. The number of nitrogens with zero attached hydrogens (tertiary/aromatic N) is 5. The van der Waals surface area contributed by atoms with Gasteiger partial charge in [0.25, 0.3) is 0 Å². The average molecular weight is 472 g/mol. The smallest absolute Gasteiger partial charge is 0.410 e. The molecule has 4 aliphatic rings. The summed E-state index contributed by atoms with van der Waals surface area (Å²) in [6, 6.07) is 2.41. The van der Waals surface area contributed by atoms with Gasteiger partial charge in [-0.05, 0) is 83.0 Å². The second kappa shape index (κ2) is 10.5. The lowest BCUT2D eigenvalue weighted by atomic mass is 9.79. The van der Waals surface area contributed by atoms with Gasteiger partial charge >= 0.3 is 12.1 Å². The molecule has 3 saturated heterocycles. The molecule has 0 radical (unpaired) electrons. The van der Waals surface area contributed by atoms with Gasteiger partial charge in [-0.15, -0.1) is 0 Å². The lowest BCUT2D eigenvalue weighted by Crippen LogP contribution is -2.51. The summed E-state index contributed by atoms with van der Waals surface area (Å²) < 4.78 is 6.01. The molecule has 1 saturated carbocycles. The van der Waals surface area contributed by atoms with Crippen LogP contribution in [0.4, 0.5) is 10.6 Å². The number of likely N-dealkylation sites (tertiary alicyclic amines) is 1. The molecule has 1 aromatic rings. The van der Waals surface area contributed by atoms with Gasteiger partial charge in [-0.3, -0.25) is 9.69 Å². The van der Waals surface area contributed by atoms with E-state index >= 15 is 0 Å². The Morgan fingerprint density at radius 1 is 1.09 bits per heavy atom. The van der Waals surface area contributed by atoms with Crippen LogP contribution in [0.15, 0.2) is 18.6 Å². The number of rotatable bonds is 7. The Bertz CT molecular complexity index is 839. The summed E-state index contributed by atoms with van der Waals surface area (Å²) in [6.07, 6.45) is 12.2. The Balaban J connectivity index is 1.11. The molecular weight excluding hydrogens is 434 g/mol. The molecule has 3 aliphatic heterocycles. The maximum atomic E-state index is 13.0. The quantitative estimate of drug-likeness (QED) is 0.648. The Kier molecular flexibility index (Phi) is 7.18. The summed E-state index contributed by atoms with van der Waals surface area (Å²) in [5.74, 6) is 0.567. The molecule has 3 atom stereocenters. The first-order chi connectivity index (χ1) is 16.6. The van der Waals surface area contributed by atoms with Gasteiger partial charge in [-0.1, -0.05) is 6.42 Å². The number of piperidine rings is 2. The number of hydrogen-bond donors (Lipinski definition) is 1. The van der Waals surface area contributed by atoms with Gasteiger partial charge in [0.1, 0.15) is 18.2 Å². The number of carboxylic acids is 1. The van der Waals surface area contributed by atoms with Crippen molar-refractivity contribution in [2.75, 3.05) is 37.6 Å². The van der Waals surface area contributed by atoms with Crippen molar-refractivity contribution < 1.29 is 19.4 Å². The van der Waals surface area contributed by atoms with Crippen molar-refractivity contribution in [3.05, 3.63) is 18.6 Å². The van der Waals surface area contributed by atoms with E-state index in [1.807, 2.05) is 6.07 Å². The van der Waals surface area contributed by atoms with Gasteiger partial charge in [0.15, 0.2) is 0 Å². The lowest BCUT2D eigenvalue weighted by molar-refractivity contribution is -0.143. The number of carbonyl (C=O) groups excluding carboxylic acids is 1. The Morgan fingerprint density at radius 2 is 1.88 bits per heavy atom. The van der Waals surface area contributed by atoms with Gasteiger partial charge in [-0.25, -0.2) is 14.8 Å². The summed E-state index contributed by atoms with van der Waals surface area (Å²) in [6.45, 7) is 4.56. The maximum absolute atomic E-state index is 13.0. The van der Waals surface area contributed by atoms with Crippen LogP contribution in [0.1, 0.15) is 57.8 Å². The van der Waals surface area contributed by atoms with Gasteiger partial charge in [0.2, 0.25) is 0 Å². The number of hydrogen-bond acceptors (Lipinski definition) is 7. The summed E-state index contributed by atoms with van der Waals surface area (Å²) in [7, 11) is 0. The first-order valence-electron chi connectivity index (χ1n) is 13.0. The SMILES string of the molecule is O=C(O)C1CCN(CCCC2CCCC3C2OC(=O)N3C2CCN(c3ccncn3)CC2)CC1. The highest BCUT2D eigenvalue weighted by Gasteiger charge is 2.49. The van der Waals surface area contributed by atoms with Crippen molar-refractivity contribution in [3.8, 4) is 0 Å². The van der Waals surface area contributed by atoms with Crippen molar-refractivity contribution in [1.82, 2.24) is 19.8 Å². The third kappa shape index (κ3) is 4.99. The van der Waals surface area contributed by atoms with Crippen LogP contribution < -0.4 is 4.90 Å². The van der Waals surface area contributed by atoms with Crippen LogP contribution in [0, 0.1) is 11.8 Å². The van der Waals surface area contributed by atoms with E-state index in [4.69, 9.17) is 4.74 Å². The topological polar surface area (TPSA) is 99.1 Å². The van der Waals surface area contributed by atoms with Crippen molar-refractivity contribution in [3.63, 3.8) is 0 Å². The maximum Gasteiger partial charge on any atom is 0.410 e. The monoisotopic (exact) mass is 471 g/mol. The number of aliphatic carboxylic acids is 1. The highest BCUT2D eigenvalue weighted by Crippen LogP contribution is 2.40. The number of carboxylic acid groups (broad SMARTS) is 1. The zero-order valence-corrected chi connectivity index (χ0v) is 19.9. The Labute approximate surface area is 201 Å². The predicted octanol–water partition coefficient (Wildman–Crippen LogP) is 3.01. The molecule has 9 nitrogen and oxygen atoms in total. The zero-order chi connectivity index (χ0) is 23.5. The van der Waals surface area contributed by atoms with Crippen molar-refractivity contribution >= 4 is 17.9 Å². The van der Waals surface area contributed by atoms with Gasteiger partial charge < -0.3 is 19.6 Å². The number of carbonyl (C=O) groups is 2. The van der Waals surface area contributed by atoms with E-state index in [-0.39, 0.29) is 30.2 Å². The molecule has 0 spiro atoms. The lowest BCUT2D eigenvalue weighted by Gasteiger charge is -2.41. The van der Waals surface area contributed by atoms with Gasteiger partial charge in [0, 0.05) is 25.3 Å². The highest BCUT2D eigenvalue weighted by atomic mass is 16.6. The van der Waals surface area contributed by atoms with Gasteiger partial charge in [0.05, 0.1) is 12.0 Å². The first-order valence-corrected chi connectivity index (χ1v) is 13.0. The predicted molar refractivity (Wildman–Crippen MR) is 127 cm³/mol. The number of aromatic nitrogens is 2. The van der Waals surface area contributed by atoms with Crippen LogP contribution in [0.25, 0.3) is 0 Å². The average Bonchev–Trinajstić information content (AvgIpc) is 3.21. The van der Waals surface area contributed by atoms with Crippen molar-refractivity contribution in [1.29, 1.82) is 0 Å². The second-order valence-corrected chi connectivity index (χ2v) is 10.4. The largest absolute Gasteiger partial charge is 0.481 e. The summed E-state index contributed by atoms with van der Waals surface area (Å²) >= 11 is 0. The fourth-order valence-corrected chi connectivity index (χ4v) is 6.57. The molecule has 0 aromatic carbocycles. The Hall–Kier alpha value is -2.42. The third-order valence-corrected chi connectivity index (χ3v) is 8.46. The zero-order valence-electron chi connectivity index (χ0n) is 19.9. The fourth-order valence-electron chi connectivity index (χ4n) is 6.57. The van der Waals surface area contributed by atoms with E-state index in [1.54, 1.807) is 12.5 Å². The van der Waals surface area contributed by atoms with Crippen LogP contribution >= 0.6 is 0 Å². The molecule has 9 heteroatoms.